The van der Waals surface area contributed by atoms with E-state index < -0.39 is 0 Å². The fraction of sp³-hybridized carbons (Fsp3) is 0.0833. The van der Waals surface area contributed by atoms with Gasteiger partial charge >= 0.3 is 0 Å². The predicted molar refractivity (Wildman–Crippen MR) is 60.0 cm³/mol. The molecule has 0 aliphatic carbocycles. The Kier molecular flexibility index (Phi) is 2.42. The summed E-state index contributed by atoms with van der Waals surface area (Å²) < 4.78 is 1.66. The van der Waals surface area contributed by atoms with Crippen molar-refractivity contribution in [2.45, 2.75) is 0 Å². The van der Waals surface area contributed by atoms with Gasteiger partial charge in [0.15, 0.2) is 5.82 Å². The van der Waals surface area contributed by atoms with E-state index in [1.165, 1.54) is 0 Å². The van der Waals surface area contributed by atoms with Crippen LogP contribution in [0.15, 0.2) is 36.5 Å². The zero-order valence-electron chi connectivity index (χ0n) is 8.44. The van der Waals surface area contributed by atoms with Crippen molar-refractivity contribution in [3.05, 3.63) is 47.7 Å². The molecule has 0 atom stereocenters. The number of nitrogen functional groups attached to an aromatic ring is 1. The highest BCUT2D eigenvalue weighted by Gasteiger charge is 1.98. The molecule has 74 valence electrons. The highest BCUT2D eigenvalue weighted by Crippen LogP contribution is 2.06. The molecule has 0 unspecified atom stereocenters. The molecule has 0 aliphatic heterocycles. The van der Waals surface area contributed by atoms with Crippen LogP contribution in [0.25, 0.3) is 0 Å². The smallest absolute Gasteiger partial charge is 0.161 e. The van der Waals surface area contributed by atoms with Crippen LogP contribution in [-0.4, -0.2) is 9.78 Å². The van der Waals surface area contributed by atoms with Gasteiger partial charge in [0.1, 0.15) is 0 Å². The molecule has 3 heteroatoms. The number of hydrogen-bond donors (Lipinski definition) is 1. The van der Waals surface area contributed by atoms with Gasteiger partial charge in [-0.25, -0.2) is 0 Å². The molecule has 0 radical (unpaired) electrons. The summed E-state index contributed by atoms with van der Waals surface area (Å²) >= 11 is 0. The van der Waals surface area contributed by atoms with Gasteiger partial charge in [-0.2, -0.15) is 5.10 Å². The third-order valence-electron chi connectivity index (χ3n) is 1.97. The number of aromatic nitrogens is 2. The second kappa shape index (κ2) is 3.89. The minimum Gasteiger partial charge on any atom is -0.381 e. The molecule has 1 aromatic carbocycles. The zero-order valence-corrected chi connectivity index (χ0v) is 8.44. The molecule has 0 saturated carbocycles. The Bertz CT molecular complexity index is 515. The molecule has 1 heterocycles. The SMILES string of the molecule is Cn1cc(C#Cc2ccccc2)c(N)n1. The molecule has 0 bridgehead atoms. The average Bonchev–Trinajstić information content (AvgIpc) is 2.56. The van der Waals surface area contributed by atoms with Crippen LogP contribution in [0.2, 0.25) is 0 Å². The summed E-state index contributed by atoms with van der Waals surface area (Å²) in [4.78, 5) is 0. The van der Waals surface area contributed by atoms with Crippen molar-refractivity contribution >= 4 is 5.82 Å². The number of nitrogens with zero attached hydrogens (tertiary/aromatic N) is 2. The highest BCUT2D eigenvalue weighted by molar-refractivity contribution is 5.52. The van der Waals surface area contributed by atoms with Crippen molar-refractivity contribution in [3.8, 4) is 11.8 Å². The van der Waals surface area contributed by atoms with Crippen LogP contribution in [0, 0.1) is 11.8 Å². The molecule has 0 fully saturated rings. The van der Waals surface area contributed by atoms with Gasteiger partial charge < -0.3 is 5.73 Å². The first-order chi connectivity index (χ1) is 7.25. The van der Waals surface area contributed by atoms with Crippen LogP contribution in [0.4, 0.5) is 5.82 Å². The Labute approximate surface area is 88.5 Å². The summed E-state index contributed by atoms with van der Waals surface area (Å²) in [5, 5.41) is 4.02. The molecule has 3 nitrogen and oxygen atoms in total. The predicted octanol–water partition coefficient (Wildman–Crippen LogP) is 1.40. The van der Waals surface area contributed by atoms with Gasteiger partial charge in [0, 0.05) is 18.8 Å². The molecule has 0 saturated heterocycles. The molecule has 2 aromatic rings. The fourth-order valence-corrected chi connectivity index (χ4v) is 1.26. The summed E-state index contributed by atoms with van der Waals surface area (Å²) in [6.45, 7) is 0. The number of hydrogen-bond acceptors (Lipinski definition) is 2. The van der Waals surface area contributed by atoms with E-state index in [0.29, 0.717) is 5.82 Å². The molecule has 1 aromatic heterocycles. The topological polar surface area (TPSA) is 43.8 Å². The maximum absolute atomic E-state index is 5.67. The summed E-state index contributed by atoms with van der Waals surface area (Å²) in [6.07, 6.45) is 1.81. The number of benzene rings is 1. The van der Waals surface area contributed by atoms with Crippen molar-refractivity contribution in [2.75, 3.05) is 5.73 Å². The first-order valence-electron chi connectivity index (χ1n) is 4.62. The van der Waals surface area contributed by atoms with Gasteiger partial charge in [-0.15, -0.1) is 0 Å². The van der Waals surface area contributed by atoms with Gasteiger partial charge in [-0.3, -0.25) is 4.68 Å². The van der Waals surface area contributed by atoms with Gasteiger partial charge in [0.25, 0.3) is 0 Å². The molecular formula is C12H11N3. The Hall–Kier alpha value is -2.21. The number of nitrogens with two attached hydrogens (primary N) is 1. The second-order valence-electron chi connectivity index (χ2n) is 3.22. The van der Waals surface area contributed by atoms with Crippen LogP contribution in [0.1, 0.15) is 11.1 Å². The van der Waals surface area contributed by atoms with Crippen molar-refractivity contribution in [3.63, 3.8) is 0 Å². The number of aryl methyl sites for hydroxylation is 1. The van der Waals surface area contributed by atoms with Crippen LogP contribution in [0.5, 0.6) is 0 Å². The molecule has 15 heavy (non-hydrogen) atoms. The van der Waals surface area contributed by atoms with E-state index in [4.69, 9.17) is 5.73 Å². The maximum atomic E-state index is 5.67. The maximum Gasteiger partial charge on any atom is 0.161 e. The summed E-state index contributed by atoms with van der Waals surface area (Å²) in [7, 11) is 1.82. The Morgan fingerprint density at radius 2 is 1.93 bits per heavy atom. The Morgan fingerprint density at radius 3 is 2.53 bits per heavy atom. The highest BCUT2D eigenvalue weighted by atomic mass is 15.3. The number of rotatable bonds is 0. The van der Waals surface area contributed by atoms with Crippen LogP contribution in [0.3, 0.4) is 0 Å². The quantitative estimate of drug-likeness (QED) is 0.649. The van der Waals surface area contributed by atoms with Crippen molar-refractivity contribution in [1.29, 1.82) is 0 Å². The molecule has 0 aliphatic rings. The lowest BCUT2D eigenvalue weighted by atomic mass is 10.2. The largest absolute Gasteiger partial charge is 0.381 e. The first-order valence-corrected chi connectivity index (χ1v) is 4.62. The monoisotopic (exact) mass is 197 g/mol. The lowest BCUT2D eigenvalue weighted by Crippen LogP contribution is -1.90. The molecular weight excluding hydrogens is 186 g/mol. The lowest BCUT2D eigenvalue weighted by Gasteiger charge is -1.86. The Morgan fingerprint density at radius 1 is 1.20 bits per heavy atom. The normalized spacial score (nSPS) is 9.40. The van der Waals surface area contributed by atoms with Crippen LogP contribution < -0.4 is 5.73 Å². The second-order valence-corrected chi connectivity index (χ2v) is 3.22. The third kappa shape index (κ3) is 2.18. The molecule has 2 N–H and O–H groups in total. The minimum atomic E-state index is 0.473. The summed E-state index contributed by atoms with van der Waals surface area (Å²) in [5.41, 5.74) is 7.41. The molecule has 2 rings (SSSR count). The van der Waals surface area contributed by atoms with E-state index in [0.717, 1.165) is 11.1 Å². The minimum absolute atomic E-state index is 0.473. The van der Waals surface area contributed by atoms with E-state index in [-0.39, 0.29) is 0 Å². The third-order valence-corrected chi connectivity index (χ3v) is 1.97. The van der Waals surface area contributed by atoms with Crippen molar-refractivity contribution in [1.82, 2.24) is 9.78 Å². The van der Waals surface area contributed by atoms with Gasteiger partial charge in [0.05, 0.1) is 5.56 Å². The Balaban J connectivity index is 2.30. The summed E-state index contributed by atoms with van der Waals surface area (Å²) in [6, 6.07) is 9.79. The van der Waals surface area contributed by atoms with E-state index in [2.05, 4.69) is 16.9 Å². The summed E-state index contributed by atoms with van der Waals surface area (Å²) in [5.74, 6) is 6.50. The van der Waals surface area contributed by atoms with E-state index >= 15 is 0 Å². The zero-order chi connectivity index (χ0) is 10.7. The first kappa shape index (κ1) is 9.35. The van der Waals surface area contributed by atoms with Crippen molar-refractivity contribution < 1.29 is 0 Å². The van der Waals surface area contributed by atoms with Gasteiger partial charge in [-0.1, -0.05) is 30.0 Å². The van der Waals surface area contributed by atoms with Crippen molar-refractivity contribution in [2.24, 2.45) is 7.05 Å². The lowest BCUT2D eigenvalue weighted by molar-refractivity contribution is 0.772. The molecule has 0 amide bonds. The average molecular weight is 197 g/mol. The fourth-order valence-electron chi connectivity index (χ4n) is 1.26. The standard InChI is InChI=1S/C12H11N3/c1-15-9-11(12(13)14-15)8-7-10-5-3-2-4-6-10/h2-6,9H,1H3,(H2,13,14). The van der Waals surface area contributed by atoms with Crippen LogP contribution in [-0.2, 0) is 7.05 Å². The molecule has 0 spiro atoms. The van der Waals surface area contributed by atoms with Gasteiger partial charge in [0.2, 0.25) is 0 Å². The van der Waals surface area contributed by atoms with Gasteiger partial charge in [-0.05, 0) is 12.1 Å². The van der Waals surface area contributed by atoms with E-state index in [9.17, 15) is 0 Å². The van der Waals surface area contributed by atoms with E-state index in [1.807, 2.05) is 43.6 Å². The van der Waals surface area contributed by atoms with E-state index in [1.54, 1.807) is 4.68 Å². The number of anilines is 1. The van der Waals surface area contributed by atoms with Crippen LogP contribution >= 0.6 is 0 Å².